The van der Waals surface area contributed by atoms with Gasteiger partial charge in [0.25, 0.3) is 10.9 Å². The summed E-state index contributed by atoms with van der Waals surface area (Å²) >= 11 is 0. The summed E-state index contributed by atoms with van der Waals surface area (Å²) in [5, 5.41) is 5.20. The van der Waals surface area contributed by atoms with Crippen molar-refractivity contribution in [3.05, 3.63) is 68.5 Å². The first kappa shape index (κ1) is 11.5. The lowest BCUT2D eigenvalue weighted by Crippen LogP contribution is -2.36. The first-order chi connectivity index (χ1) is 9.18. The molecule has 0 radical (unpaired) electrons. The molecule has 0 aromatic heterocycles. The molecule has 0 heterocycles. The van der Waals surface area contributed by atoms with E-state index in [9.17, 15) is 9.59 Å². The van der Waals surface area contributed by atoms with Crippen molar-refractivity contribution in [3.8, 4) is 0 Å². The maximum absolute atomic E-state index is 11.3. The van der Waals surface area contributed by atoms with Gasteiger partial charge in [0.05, 0.1) is 0 Å². The monoisotopic (exact) mass is 252 g/mol. The van der Waals surface area contributed by atoms with Crippen molar-refractivity contribution in [3.63, 3.8) is 0 Å². The van der Waals surface area contributed by atoms with E-state index in [4.69, 9.17) is 5.73 Å². The van der Waals surface area contributed by atoms with Crippen LogP contribution >= 0.6 is 0 Å². The quantitative estimate of drug-likeness (QED) is 0.695. The van der Waals surface area contributed by atoms with E-state index >= 15 is 0 Å². The molecular weight excluding hydrogens is 240 g/mol. The van der Waals surface area contributed by atoms with Crippen LogP contribution in [0.25, 0.3) is 10.8 Å². The summed E-state index contributed by atoms with van der Waals surface area (Å²) in [6.45, 7) is 0.469. The molecular formula is C15H12N2O2. The number of anilines is 2. The maximum Gasteiger partial charge on any atom is 0.253 e. The summed E-state index contributed by atoms with van der Waals surface area (Å²) in [6, 6.07) is 14.0. The standard InChI is InChI=1S/C15H12N2O2/c16-12-13(15(19)14(12)18)17-8-10-6-3-5-9-4-1-2-7-11(9)10/h1-7,17H,8,16H2. The Labute approximate surface area is 109 Å². The Morgan fingerprint density at radius 3 is 2.47 bits per heavy atom. The van der Waals surface area contributed by atoms with Crippen LogP contribution in [0.2, 0.25) is 0 Å². The van der Waals surface area contributed by atoms with E-state index in [1.807, 2.05) is 42.5 Å². The SMILES string of the molecule is Nc1c(NCc2cccc3ccccc23)c(=O)c1=O. The highest BCUT2D eigenvalue weighted by Crippen LogP contribution is 2.20. The van der Waals surface area contributed by atoms with Crippen molar-refractivity contribution in [2.45, 2.75) is 6.54 Å². The van der Waals surface area contributed by atoms with Gasteiger partial charge in [0.2, 0.25) is 0 Å². The fourth-order valence-electron chi connectivity index (χ4n) is 2.21. The molecule has 0 aliphatic rings. The Bertz CT molecular complexity index is 824. The number of benzene rings is 2. The second-order valence-electron chi connectivity index (χ2n) is 4.44. The summed E-state index contributed by atoms with van der Waals surface area (Å²) in [6.07, 6.45) is 0. The molecule has 4 nitrogen and oxygen atoms in total. The molecule has 3 rings (SSSR count). The molecule has 0 saturated heterocycles. The van der Waals surface area contributed by atoms with Crippen LogP contribution in [0.3, 0.4) is 0 Å². The van der Waals surface area contributed by atoms with Gasteiger partial charge in [-0.25, -0.2) is 0 Å². The Kier molecular flexibility index (Phi) is 2.56. The van der Waals surface area contributed by atoms with Gasteiger partial charge in [-0.2, -0.15) is 0 Å². The topological polar surface area (TPSA) is 72.2 Å². The van der Waals surface area contributed by atoms with Crippen molar-refractivity contribution in [2.24, 2.45) is 0 Å². The van der Waals surface area contributed by atoms with Crippen LogP contribution in [0, 0.1) is 0 Å². The van der Waals surface area contributed by atoms with Crippen LogP contribution in [0.4, 0.5) is 11.4 Å². The summed E-state index contributed by atoms with van der Waals surface area (Å²) in [4.78, 5) is 22.3. The highest BCUT2D eigenvalue weighted by atomic mass is 16.2. The minimum atomic E-state index is -0.597. The number of rotatable bonds is 3. The first-order valence-corrected chi connectivity index (χ1v) is 5.98. The lowest BCUT2D eigenvalue weighted by Gasteiger charge is -2.11. The van der Waals surface area contributed by atoms with Crippen molar-refractivity contribution in [2.75, 3.05) is 11.1 Å². The zero-order chi connectivity index (χ0) is 13.4. The van der Waals surface area contributed by atoms with Crippen LogP contribution in [-0.4, -0.2) is 0 Å². The number of nitrogen functional groups attached to an aromatic ring is 1. The third kappa shape index (κ3) is 1.78. The van der Waals surface area contributed by atoms with Gasteiger partial charge in [0.15, 0.2) is 0 Å². The van der Waals surface area contributed by atoms with Crippen molar-refractivity contribution in [1.82, 2.24) is 0 Å². The van der Waals surface area contributed by atoms with Gasteiger partial charge in [-0.15, -0.1) is 0 Å². The number of hydrogen-bond donors (Lipinski definition) is 2. The number of fused-ring (bicyclic) bond motifs is 1. The summed E-state index contributed by atoms with van der Waals surface area (Å²) < 4.78 is 0. The number of nitrogens with one attached hydrogen (secondary N) is 1. The fourth-order valence-corrected chi connectivity index (χ4v) is 2.21. The lowest BCUT2D eigenvalue weighted by atomic mass is 10.0. The van der Waals surface area contributed by atoms with E-state index in [1.54, 1.807) is 0 Å². The zero-order valence-electron chi connectivity index (χ0n) is 10.1. The van der Waals surface area contributed by atoms with Crippen LogP contribution in [0.1, 0.15) is 5.56 Å². The maximum atomic E-state index is 11.3. The van der Waals surface area contributed by atoms with E-state index in [1.165, 1.54) is 0 Å². The summed E-state index contributed by atoms with van der Waals surface area (Å²) in [7, 11) is 0. The van der Waals surface area contributed by atoms with E-state index < -0.39 is 10.9 Å². The van der Waals surface area contributed by atoms with E-state index in [2.05, 4.69) is 5.32 Å². The predicted octanol–water partition coefficient (Wildman–Crippen LogP) is 1.63. The third-order valence-electron chi connectivity index (χ3n) is 3.28. The largest absolute Gasteiger partial charge is 0.394 e. The zero-order valence-corrected chi connectivity index (χ0v) is 10.1. The third-order valence-corrected chi connectivity index (χ3v) is 3.28. The molecule has 0 fully saturated rings. The van der Waals surface area contributed by atoms with Crippen molar-refractivity contribution < 1.29 is 0 Å². The molecule has 19 heavy (non-hydrogen) atoms. The van der Waals surface area contributed by atoms with Gasteiger partial charge in [-0.05, 0) is 16.3 Å². The smallest absolute Gasteiger partial charge is 0.253 e. The highest BCUT2D eigenvalue weighted by molar-refractivity contribution is 5.86. The van der Waals surface area contributed by atoms with Crippen molar-refractivity contribution >= 4 is 22.1 Å². The first-order valence-electron chi connectivity index (χ1n) is 5.98. The lowest BCUT2D eigenvalue weighted by molar-refractivity contribution is 1.15. The molecule has 3 aromatic rings. The Morgan fingerprint density at radius 2 is 1.68 bits per heavy atom. The molecule has 3 N–H and O–H groups in total. The fraction of sp³-hybridized carbons (Fsp3) is 0.0667. The Morgan fingerprint density at radius 1 is 0.947 bits per heavy atom. The summed E-state index contributed by atoms with van der Waals surface area (Å²) in [5.74, 6) is 0. The summed E-state index contributed by atoms with van der Waals surface area (Å²) in [5.41, 5.74) is 5.68. The second kappa shape index (κ2) is 4.24. The molecule has 0 spiro atoms. The van der Waals surface area contributed by atoms with Crippen LogP contribution in [0.5, 0.6) is 0 Å². The van der Waals surface area contributed by atoms with Crippen molar-refractivity contribution in [1.29, 1.82) is 0 Å². The van der Waals surface area contributed by atoms with E-state index in [-0.39, 0.29) is 11.4 Å². The van der Waals surface area contributed by atoms with Crippen LogP contribution < -0.4 is 21.9 Å². The molecule has 0 aliphatic carbocycles. The number of nitrogens with two attached hydrogens (primary N) is 1. The van der Waals surface area contributed by atoms with E-state index in [0.717, 1.165) is 16.3 Å². The molecule has 0 bridgehead atoms. The molecule has 0 saturated carbocycles. The Balaban J connectivity index is 1.91. The van der Waals surface area contributed by atoms with E-state index in [0.29, 0.717) is 6.54 Å². The van der Waals surface area contributed by atoms with Gasteiger partial charge >= 0.3 is 0 Å². The van der Waals surface area contributed by atoms with Gasteiger partial charge in [-0.3, -0.25) is 9.59 Å². The predicted molar refractivity (Wildman–Crippen MR) is 77.0 cm³/mol. The van der Waals surface area contributed by atoms with Gasteiger partial charge in [-0.1, -0.05) is 42.5 Å². The minimum absolute atomic E-state index is 0.0326. The Hall–Kier alpha value is -2.62. The molecule has 0 aliphatic heterocycles. The molecule has 0 atom stereocenters. The molecule has 4 heteroatoms. The minimum Gasteiger partial charge on any atom is -0.394 e. The van der Waals surface area contributed by atoms with Crippen LogP contribution in [-0.2, 0) is 6.54 Å². The van der Waals surface area contributed by atoms with Crippen LogP contribution in [0.15, 0.2) is 52.1 Å². The van der Waals surface area contributed by atoms with Gasteiger partial charge in [0, 0.05) is 6.54 Å². The average molecular weight is 252 g/mol. The average Bonchev–Trinajstić information content (AvgIpc) is 2.47. The van der Waals surface area contributed by atoms with Gasteiger partial charge in [0.1, 0.15) is 11.4 Å². The number of hydrogen-bond acceptors (Lipinski definition) is 4. The molecule has 94 valence electrons. The molecule has 3 aromatic carbocycles. The molecule has 0 amide bonds. The second-order valence-corrected chi connectivity index (χ2v) is 4.44. The molecule has 0 unspecified atom stereocenters. The normalized spacial score (nSPS) is 10.9. The highest BCUT2D eigenvalue weighted by Gasteiger charge is 2.17. The van der Waals surface area contributed by atoms with Gasteiger partial charge < -0.3 is 11.1 Å².